The second-order valence-electron chi connectivity index (χ2n) is 5.56. The first kappa shape index (κ1) is 17.0. The minimum atomic E-state index is -1.12. The zero-order valence-electron chi connectivity index (χ0n) is 13.2. The molecule has 0 radical (unpaired) electrons. The molecule has 6 nitrogen and oxygen atoms in total. The standard InChI is InChI=1S/C17H22N2O4/c1-2-18-17(22)19-15(20)14(12-8-4-3-5-9-12)23-16(21)13-10-6-7-11-13/h3-5,8-9,13-14H,2,6-7,10-11H2,1H3,(H2,18,19,20,22)/t14-/m1/s1. The first-order valence-electron chi connectivity index (χ1n) is 7.96. The van der Waals surface area contributed by atoms with Gasteiger partial charge in [0.05, 0.1) is 5.92 Å². The molecule has 1 aliphatic carbocycles. The predicted octanol–water partition coefficient (Wildman–Crippen LogP) is 2.31. The molecule has 0 saturated heterocycles. The van der Waals surface area contributed by atoms with Crippen molar-refractivity contribution in [2.75, 3.05) is 6.54 Å². The number of rotatable bonds is 5. The number of benzene rings is 1. The lowest BCUT2D eigenvalue weighted by atomic mass is 10.1. The van der Waals surface area contributed by atoms with E-state index in [4.69, 9.17) is 4.74 Å². The Morgan fingerprint density at radius 3 is 2.43 bits per heavy atom. The lowest BCUT2D eigenvalue weighted by molar-refractivity contribution is -0.160. The number of nitrogens with one attached hydrogen (secondary N) is 2. The Hall–Kier alpha value is -2.37. The largest absolute Gasteiger partial charge is 0.447 e. The summed E-state index contributed by atoms with van der Waals surface area (Å²) in [5.41, 5.74) is 0.542. The molecular weight excluding hydrogens is 296 g/mol. The molecule has 6 heteroatoms. The fourth-order valence-corrected chi connectivity index (χ4v) is 2.66. The molecular formula is C17H22N2O4. The molecule has 0 heterocycles. The number of imide groups is 1. The molecule has 0 bridgehead atoms. The van der Waals surface area contributed by atoms with Crippen LogP contribution in [0.5, 0.6) is 0 Å². The molecule has 0 unspecified atom stereocenters. The summed E-state index contributed by atoms with van der Waals surface area (Å²) in [5.74, 6) is -1.17. The third-order valence-corrected chi connectivity index (χ3v) is 3.84. The molecule has 0 aromatic heterocycles. The monoisotopic (exact) mass is 318 g/mol. The highest BCUT2D eigenvalue weighted by molar-refractivity contribution is 5.97. The Balaban J connectivity index is 2.10. The van der Waals surface area contributed by atoms with Crippen molar-refractivity contribution >= 4 is 17.9 Å². The Morgan fingerprint density at radius 1 is 1.17 bits per heavy atom. The van der Waals surface area contributed by atoms with Gasteiger partial charge in [0, 0.05) is 12.1 Å². The van der Waals surface area contributed by atoms with Crippen molar-refractivity contribution in [3.05, 3.63) is 35.9 Å². The zero-order chi connectivity index (χ0) is 16.7. The Bertz CT molecular complexity index is 553. The lowest BCUT2D eigenvalue weighted by Gasteiger charge is -2.19. The smallest absolute Gasteiger partial charge is 0.321 e. The number of amides is 3. The number of urea groups is 1. The Morgan fingerprint density at radius 2 is 1.83 bits per heavy atom. The first-order chi connectivity index (χ1) is 11.1. The third-order valence-electron chi connectivity index (χ3n) is 3.84. The van der Waals surface area contributed by atoms with E-state index in [0.717, 1.165) is 25.7 Å². The molecule has 1 aromatic rings. The molecule has 1 atom stereocenters. The second-order valence-corrected chi connectivity index (χ2v) is 5.56. The highest BCUT2D eigenvalue weighted by Gasteiger charge is 2.31. The van der Waals surface area contributed by atoms with E-state index >= 15 is 0 Å². The quantitative estimate of drug-likeness (QED) is 0.816. The van der Waals surface area contributed by atoms with Crippen LogP contribution in [0.25, 0.3) is 0 Å². The van der Waals surface area contributed by atoms with E-state index in [9.17, 15) is 14.4 Å². The number of esters is 1. The highest BCUT2D eigenvalue weighted by atomic mass is 16.5. The van der Waals surface area contributed by atoms with Crippen LogP contribution < -0.4 is 10.6 Å². The van der Waals surface area contributed by atoms with Gasteiger partial charge in [-0.3, -0.25) is 14.9 Å². The van der Waals surface area contributed by atoms with E-state index in [1.807, 2.05) is 0 Å². The van der Waals surface area contributed by atoms with Gasteiger partial charge in [0.15, 0.2) is 0 Å². The normalized spacial score (nSPS) is 15.7. The minimum absolute atomic E-state index is 0.154. The van der Waals surface area contributed by atoms with Crippen molar-refractivity contribution in [2.24, 2.45) is 5.92 Å². The number of carbonyl (C=O) groups is 3. The summed E-state index contributed by atoms with van der Waals surface area (Å²) in [6.07, 6.45) is 2.46. The molecule has 1 saturated carbocycles. The van der Waals surface area contributed by atoms with Gasteiger partial charge >= 0.3 is 12.0 Å². The molecule has 1 aliphatic rings. The van der Waals surface area contributed by atoms with Crippen molar-refractivity contribution in [3.8, 4) is 0 Å². The van der Waals surface area contributed by atoms with Gasteiger partial charge in [-0.25, -0.2) is 4.79 Å². The van der Waals surface area contributed by atoms with Crippen LogP contribution in [0, 0.1) is 5.92 Å². The molecule has 23 heavy (non-hydrogen) atoms. The second kappa shape index (κ2) is 8.31. The maximum atomic E-state index is 12.3. The van der Waals surface area contributed by atoms with Crippen LogP contribution in [0.2, 0.25) is 0 Å². The van der Waals surface area contributed by atoms with Gasteiger partial charge < -0.3 is 10.1 Å². The van der Waals surface area contributed by atoms with Gasteiger partial charge in [-0.05, 0) is 19.8 Å². The molecule has 3 amide bonds. The van der Waals surface area contributed by atoms with Crippen molar-refractivity contribution < 1.29 is 19.1 Å². The van der Waals surface area contributed by atoms with Crippen LogP contribution in [-0.4, -0.2) is 24.5 Å². The van der Waals surface area contributed by atoms with E-state index in [1.54, 1.807) is 37.3 Å². The van der Waals surface area contributed by atoms with Crippen LogP contribution in [0.3, 0.4) is 0 Å². The van der Waals surface area contributed by atoms with Gasteiger partial charge in [0.25, 0.3) is 5.91 Å². The summed E-state index contributed by atoms with van der Waals surface area (Å²) in [4.78, 5) is 36.1. The van der Waals surface area contributed by atoms with Crippen molar-refractivity contribution in [1.82, 2.24) is 10.6 Å². The number of hydrogen-bond donors (Lipinski definition) is 2. The van der Waals surface area contributed by atoms with Crippen LogP contribution in [0.15, 0.2) is 30.3 Å². The number of carbonyl (C=O) groups excluding carboxylic acids is 3. The van der Waals surface area contributed by atoms with E-state index in [-0.39, 0.29) is 11.9 Å². The first-order valence-corrected chi connectivity index (χ1v) is 7.96. The SMILES string of the molecule is CCNC(=O)NC(=O)[C@H](OC(=O)C1CCCC1)c1ccccc1. The fraction of sp³-hybridized carbons (Fsp3) is 0.471. The molecule has 1 fully saturated rings. The Labute approximate surface area is 135 Å². The topological polar surface area (TPSA) is 84.5 Å². The summed E-state index contributed by atoms with van der Waals surface area (Å²) in [5, 5.41) is 4.69. The average Bonchev–Trinajstić information content (AvgIpc) is 3.07. The number of hydrogen-bond acceptors (Lipinski definition) is 4. The maximum Gasteiger partial charge on any atom is 0.321 e. The maximum absolute atomic E-state index is 12.3. The van der Waals surface area contributed by atoms with Gasteiger partial charge in [0.1, 0.15) is 0 Å². The Kier molecular flexibility index (Phi) is 6.14. The van der Waals surface area contributed by atoms with Crippen molar-refractivity contribution in [2.45, 2.75) is 38.7 Å². The van der Waals surface area contributed by atoms with Crippen LogP contribution in [0.4, 0.5) is 4.79 Å². The van der Waals surface area contributed by atoms with Gasteiger partial charge in [-0.15, -0.1) is 0 Å². The zero-order valence-corrected chi connectivity index (χ0v) is 13.2. The molecule has 1 aromatic carbocycles. The molecule has 0 spiro atoms. The fourth-order valence-electron chi connectivity index (χ4n) is 2.66. The van der Waals surface area contributed by atoms with Crippen LogP contribution in [0.1, 0.15) is 44.3 Å². The third kappa shape index (κ3) is 4.81. The van der Waals surface area contributed by atoms with Crippen LogP contribution in [-0.2, 0) is 14.3 Å². The van der Waals surface area contributed by atoms with Crippen molar-refractivity contribution in [3.63, 3.8) is 0 Å². The summed E-state index contributed by atoms with van der Waals surface area (Å²) >= 11 is 0. The summed E-state index contributed by atoms with van der Waals surface area (Å²) in [6, 6.07) is 8.11. The van der Waals surface area contributed by atoms with Gasteiger partial charge in [0.2, 0.25) is 6.10 Å². The van der Waals surface area contributed by atoms with Gasteiger partial charge in [-0.1, -0.05) is 43.2 Å². The van der Waals surface area contributed by atoms with E-state index < -0.39 is 18.0 Å². The van der Waals surface area contributed by atoms with E-state index in [2.05, 4.69) is 10.6 Å². The molecule has 2 rings (SSSR count). The minimum Gasteiger partial charge on any atom is -0.447 e. The molecule has 0 aliphatic heterocycles. The van der Waals surface area contributed by atoms with E-state index in [0.29, 0.717) is 12.1 Å². The molecule has 124 valence electrons. The predicted molar refractivity (Wildman–Crippen MR) is 84.4 cm³/mol. The highest BCUT2D eigenvalue weighted by Crippen LogP contribution is 2.28. The summed E-state index contributed by atoms with van der Waals surface area (Å²) in [6.45, 7) is 2.15. The lowest BCUT2D eigenvalue weighted by Crippen LogP contribution is -2.42. The van der Waals surface area contributed by atoms with Crippen LogP contribution >= 0.6 is 0 Å². The average molecular weight is 318 g/mol. The van der Waals surface area contributed by atoms with E-state index in [1.165, 1.54) is 0 Å². The number of ether oxygens (including phenoxy) is 1. The summed E-state index contributed by atoms with van der Waals surface area (Å²) in [7, 11) is 0. The molecule has 2 N–H and O–H groups in total. The van der Waals surface area contributed by atoms with Gasteiger partial charge in [-0.2, -0.15) is 0 Å². The summed E-state index contributed by atoms with van der Waals surface area (Å²) < 4.78 is 5.43. The van der Waals surface area contributed by atoms with Crippen molar-refractivity contribution in [1.29, 1.82) is 0 Å².